The Bertz CT molecular complexity index is 116. The van der Waals surface area contributed by atoms with E-state index in [9.17, 15) is 13.2 Å². The average Bonchev–Trinajstić information content (AvgIpc) is 1.95. The first-order valence-corrected chi connectivity index (χ1v) is 4.97. The van der Waals surface area contributed by atoms with Crippen LogP contribution < -0.4 is 0 Å². The Morgan fingerprint density at radius 2 is 1.92 bits per heavy atom. The highest BCUT2D eigenvalue weighted by Crippen LogP contribution is 2.16. The number of rotatable bonds is 5. The van der Waals surface area contributed by atoms with Gasteiger partial charge in [-0.25, -0.2) is 0 Å². The molecule has 0 rings (SSSR count). The van der Waals surface area contributed by atoms with Gasteiger partial charge < -0.3 is 0 Å². The molecule has 5 heteroatoms. The van der Waals surface area contributed by atoms with Gasteiger partial charge in [-0.05, 0) is 19.5 Å². The third kappa shape index (κ3) is 6.91. The predicted octanol–water partition coefficient (Wildman–Crippen LogP) is 2.66. The highest BCUT2D eigenvalue weighted by Gasteiger charge is 2.29. The first-order valence-electron chi connectivity index (χ1n) is 3.84. The largest absolute Gasteiger partial charge is 0.401 e. The van der Waals surface area contributed by atoms with Crippen LogP contribution in [0.25, 0.3) is 0 Å². The van der Waals surface area contributed by atoms with E-state index in [2.05, 4.69) is 15.9 Å². The van der Waals surface area contributed by atoms with Crippen molar-refractivity contribution in [2.75, 3.05) is 25.0 Å². The van der Waals surface area contributed by atoms with Gasteiger partial charge in [0.25, 0.3) is 0 Å². The Morgan fingerprint density at radius 3 is 2.25 bits per heavy atom. The van der Waals surface area contributed by atoms with Crippen molar-refractivity contribution in [3.63, 3.8) is 0 Å². The molecule has 0 aliphatic heterocycles. The SMILES string of the molecule is CCN(CCCBr)CC(F)(F)F. The first kappa shape index (κ1) is 12.2. The molecule has 0 fully saturated rings. The van der Waals surface area contributed by atoms with E-state index in [1.165, 1.54) is 4.90 Å². The normalized spacial score (nSPS) is 12.5. The van der Waals surface area contributed by atoms with Crippen LogP contribution in [0.2, 0.25) is 0 Å². The number of nitrogens with zero attached hydrogens (tertiary/aromatic N) is 1. The molecule has 0 spiro atoms. The Kier molecular flexibility index (Phi) is 5.92. The third-order valence-electron chi connectivity index (χ3n) is 1.46. The van der Waals surface area contributed by atoms with Gasteiger partial charge in [-0.15, -0.1) is 0 Å². The Morgan fingerprint density at radius 1 is 1.33 bits per heavy atom. The van der Waals surface area contributed by atoms with E-state index in [4.69, 9.17) is 0 Å². The fourth-order valence-corrected chi connectivity index (χ4v) is 1.14. The van der Waals surface area contributed by atoms with Crippen LogP contribution in [0.1, 0.15) is 13.3 Å². The van der Waals surface area contributed by atoms with Crippen molar-refractivity contribution >= 4 is 15.9 Å². The summed E-state index contributed by atoms with van der Waals surface area (Å²) in [5.74, 6) is 0. The van der Waals surface area contributed by atoms with Gasteiger partial charge >= 0.3 is 6.18 Å². The number of hydrogen-bond acceptors (Lipinski definition) is 1. The van der Waals surface area contributed by atoms with E-state index in [0.717, 1.165) is 11.8 Å². The molecular weight excluding hydrogens is 235 g/mol. The molecule has 12 heavy (non-hydrogen) atoms. The van der Waals surface area contributed by atoms with E-state index in [0.29, 0.717) is 13.1 Å². The molecule has 0 bridgehead atoms. The molecule has 0 aliphatic carbocycles. The van der Waals surface area contributed by atoms with Gasteiger partial charge in [0.05, 0.1) is 6.54 Å². The van der Waals surface area contributed by atoms with E-state index in [1.54, 1.807) is 6.92 Å². The zero-order valence-corrected chi connectivity index (χ0v) is 8.58. The van der Waals surface area contributed by atoms with Gasteiger partial charge in [0.1, 0.15) is 0 Å². The summed E-state index contributed by atoms with van der Waals surface area (Å²) in [5.41, 5.74) is 0. The van der Waals surface area contributed by atoms with Gasteiger partial charge in [0.15, 0.2) is 0 Å². The van der Waals surface area contributed by atoms with Crippen molar-refractivity contribution in [1.82, 2.24) is 4.90 Å². The average molecular weight is 248 g/mol. The summed E-state index contributed by atoms with van der Waals surface area (Å²) in [6.45, 7) is 1.89. The van der Waals surface area contributed by atoms with Gasteiger partial charge in [0, 0.05) is 5.33 Å². The van der Waals surface area contributed by atoms with E-state index in [1.807, 2.05) is 0 Å². The van der Waals surface area contributed by atoms with E-state index < -0.39 is 12.7 Å². The predicted molar refractivity (Wildman–Crippen MR) is 46.6 cm³/mol. The minimum atomic E-state index is -4.07. The summed E-state index contributed by atoms with van der Waals surface area (Å²) in [6.07, 6.45) is -3.31. The maximum absolute atomic E-state index is 11.9. The van der Waals surface area contributed by atoms with Crippen LogP contribution in [-0.4, -0.2) is 36.0 Å². The van der Waals surface area contributed by atoms with Gasteiger partial charge in [-0.3, -0.25) is 4.90 Å². The lowest BCUT2D eigenvalue weighted by atomic mass is 10.4. The van der Waals surface area contributed by atoms with Crippen LogP contribution in [0, 0.1) is 0 Å². The smallest absolute Gasteiger partial charge is 0.295 e. The molecule has 0 atom stereocenters. The second kappa shape index (κ2) is 5.80. The molecule has 0 amide bonds. The maximum Gasteiger partial charge on any atom is 0.401 e. The van der Waals surface area contributed by atoms with Crippen LogP contribution in [0.4, 0.5) is 13.2 Å². The summed E-state index contributed by atoms with van der Waals surface area (Å²) in [4.78, 5) is 1.39. The van der Waals surface area contributed by atoms with Crippen LogP contribution in [-0.2, 0) is 0 Å². The standard InChI is InChI=1S/C7H13BrF3N/c1-2-12(5-3-4-8)6-7(9,10)11/h2-6H2,1H3. The highest BCUT2D eigenvalue weighted by molar-refractivity contribution is 9.09. The van der Waals surface area contributed by atoms with Crippen molar-refractivity contribution < 1.29 is 13.2 Å². The molecule has 0 unspecified atom stereocenters. The summed E-state index contributed by atoms with van der Waals surface area (Å²) >= 11 is 3.18. The second-order valence-electron chi connectivity index (χ2n) is 2.53. The van der Waals surface area contributed by atoms with E-state index >= 15 is 0 Å². The number of halogens is 4. The molecule has 0 saturated carbocycles. The lowest BCUT2D eigenvalue weighted by Gasteiger charge is -2.21. The lowest BCUT2D eigenvalue weighted by molar-refractivity contribution is -0.145. The first-order chi connectivity index (χ1) is 5.49. The molecule has 0 saturated heterocycles. The molecule has 0 aromatic carbocycles. The molecule has 1 nitrogen and oxygen atoms in total. The topological polar surface area (TPSA) is 3.24 Å². The molecule has 0 aromatic heterocycles. The fourth-order valence-electron chi connectivity index (χ4n) is 0.886. The molecule has 0 N–H and O–H groups in total. The van der Waals surface area contributed by atoms with E-state index in [-0.39, 0.29) is 0 Å². The quantitative estimate of drug-likeness (QED) is 0.676. The molecular formula is C7H13BrF3N. The summed E-state index contributed by atoms with van der Waals surface area (Å²) in [6, 6.07) is 0. The lowest BCUT2D eigenvalue weighted by Crippen LogP contribution is -2.34. The van der Waals surface area contributed by atoms with Crippen molar-refractivity contribution in [2.45, 2.75) is 19.5 Å². The molecule has 0 heterocycles. The Labute approximate surface area is 79.1 Å². The van der Waals surface area contributed by atoms with Gasteiger partial charge in [0.2, 0.25) is 0 Å². The zero-order valence-electron chi connectivity index (χ0n) is 6.99. The highest BCUT2D eigenvalue weighted by atomic mass is 79.9. The number of hydrogen-bond donors (Lipinski definition) is 0. The fraction of sp³-hybridized carbons (Fsp3) is 1.00. The van der Waals surface area contributed by atoms with Crippen molar-refractivity contribution in [2.24, 2.45) is 0 Å². The van der Waals surface area contributed by atoms with Crippen molar-refractivity contribution in [3.05, 3.63) is 0 Å². The molecule has 0 aliphatic rings. The molecule has 0 aromatic rings. The summed E-state index contributed by atoms with van der Waals surface area (Å²) < 4.78 is 35.6. The summed E-state index contributed by atoms with van der Waals surface area (Å²) in [5, 5.41) is 0.751. The van der Waals surface area contributed by atoms with Crippen molar-refractivity contribution in [1.29, 1.82) is 0 Å². The van der Waals surface area contributed by atoms with Crippen LogP contribution in [0.15, 0.2) is 0 Å². The van der Waals surface area contributed by atoms with Crippen molar-refractivity contribution in [3.8, 4) is 0 Å². The minimum absolute atomic E-state index is 0.451. The van der Waals surface area contributed by atoms with Crippen LogP contribution in [0.3, 0.4) is 0 Å². The van der Waals surface area contributed by atoms with Crippen LogP contribution in [0.5, 0.6) is 0 Å². The van der Waals surface area contributed by atoms with Gasteiger partial charge in [-0.1, -0.05) is 22.9 Å². The number of alkyl halides is 4. The van der Waals surface area contributed by atoms with Gasteiger partial charge in [-0.2, -0.15) is 13.2 Å². The Hall–Kier alpha value is 0.230. The third-order valence-corrected chi connectivity index (χ3v) is 2.02. The van der Waals surface area contributed by atoms with Crippen LogP contribution >= 0.6 is 15.9 Å². The zero-order chi connectivity index (χ0) is 9.61. The summed E-state index contributed by atoms with van der Waals surface area (Å²) in [7, 11) is 0. The molecule has 74 valence electrons. The minimum Gasteiger partial charge on any atom is -0.295 e. The molecule has 0 radical (unpaired) electrons. The second-order valence-corrected chi connectivity index (χ2v) is 3.32. The monoisotopic (exact) mass is 247 g/mol. The maximum atomic E-state index is 11.9. The Balaban J connectivity index is 3.67.